The van der Waals surface area contributed by atoms with E-state index in [1.165, 1.54) is 4.31 Å². The molecule has 2 aromatic carbocycles. The minimum atomic E-state index is -3.59. The Hall–Kier alpha value is -2.77. The summed E-state index contributed by atoms with van der Waals surface area (Å²) in [4.78, 5) is 19.3. The number of sulfonamides is 1. The fourth-order valence-electron chi connectivity index (χ4n) is 3.85. The predicted octanol–water partition coefficient (Wildman–Crippen LogP) is 3.68. The third-order valence-electron chi connectivity index (χ3n) is 5.76. The Balaban J connectivity index is 1.48. The molecule has 1 aromatic heterocycles. The quantitative estimate of drug-likeness (QED) is 0.627. The molecular formula is C24H27N3O3S. The number of benzene rings is 2. The van der Waals surface area contributed by atoms with E-state index in [0.29, 0.717) is 18.8 Å². The molecular weight excluding hydrogens is 410 g/mol. The van der Waals surface area contributed by atoms with Gasteiger partial charge >= 0.3 is 0 Å². The zero-order valence-corrected chi connectivity index (χ0v) is 18.9. The van der Waals surface area contributed by atoms with Crippen molar-refractivity contribution >= 4 is 26.7 Å². The minimum Gasteiger partial charge on any atom is -0.335 e. The summed E-state index contributed by atoms with van der Waals surface area (Å²) < 4.78 is 27.6. The van der Waals surface area contributed by atoms with Crippen LogP contribution >= 0.6 is 0 Å². The molecule has 0 unspecified atom stereocenters. The van der Waals surface area contributed by atoms with Crippen LogP contribution in [0.3, 0.4) is 0 Å². The zero-order valence-electron chi connectivity index (χ0n) is 18.1. The van der Waals surface area contributed by atoms with Crippen molar-refractivity contribution in [1.29, 1.82) is 0 Å². The van der Waals surface area contributed by atoms with Gasteiger partial charge in [0.05, 0.1) is 4.90 Å². The Morgan fingerprint density at radius 3 is 2.19 bits per heavy atom. The molecule has 1 aliphatic heterocycles. The number of carbonyl (C=O) groups excluding carboxylic acids is 1. The Bertz CT molecular complexity index is 1200. The molecule has 31 heavy (non-hydrogen) atoms. The molecule has 6 nitrogen and oxygen atoms in total. The Kier molecular flexibility index (Phi) is 5.58. The van der Waals surface area contributed by atoms with Crippen molar-refractivity contribution in [1.82, 2.24) is 14.2 Å². The first-order valence-corrected chi connectivity index (χ1v) is 11.9. The first-order chi connectivity index (χ1) is 14.7. The van der Waals surface area contributed by atoms with Crippen molar-refractivity contribution in [3.63, 3.8) is 0 Å². The second-order valence-corrected chi connectivity index (χ2v) is 10.8. The molecule has 0 bridgehead atoms. The highest BCUT2D eigenvalue weighted by Crippen LogP contribution is 2.25. The van der Waals surface area contributed by atoms with Crippen molar-refractivity contribution in [2.24, 2.45) is 0 Å². The summed E-state index contributed by atoms with van der Waals surface area (Å²) in [6.45, 7) is 7.48. The number of amides is 1. The lowest BCUT2D eigenvalue weighted by molar-refractivity contribution is 0.0694. The minimum absolute atomic E-state index is 0.0378. The SMILES string of the molecule is CC(C)(C)c1ccc(S(=O)(=O)N2CCN(C(=O)c3nccc4ccccc34)CC2)cc1. The first-order valence-electron chi connectivity index (χ1n) is 10.4. The molecule has 1 amide bonds. The van der Waals surface area contributed by atoms with Crippen molar-refractivity contribution in [3.05, 3.63) is 72.1 Å². The summed E-state index contributed by atoms with van der Waals surface area (Å²) in [6.07, 6.45) is 1.64. The van der Waals surface area contributed by atoms with Gasteiger partial charge in [-0.15, -0.1) is 0 Å². The number of carbonyl (C=O) groups is 1. The summed E-state index contributed by atoms with van der Waals surface area (Å²) in [7, 11) is -3.59. The van der Waals surface area contributed by atoms with Crippen molar-refractivity contribution in [2.45, 2.75) is 31.1 Å². The van der Waals surface area contributed by atoms with E-state index in [-0.39, 0.29) is 29.3 Å². The number of pyridine rings is 1. The van der Waals surface area contributed by atoms with Gasteiger partial charge < -0.3 is 4.90 Å². The summed E-state index contributed by atoms with van der Waals surface area (Å²) >= 11 is 0. The molecule has 0 spiro atoms. The van der Waals surface area contributed by atoms with Crippen LogP contribution in [0.15, 0.2) is 65.7 Å². The number of nitrogens with zero attached hydrogens (tertiary/aromatic N) is 3. The number of piperazine rings is 1. The van der Waals surface area contributed by atoms with Gasteiger partial charge in [-0.25, -0.2) is 8.42 Å². The number of fused-ring (bicyclic) bond motifs is 1. The molecule has 4 rings (SSSR count). The standard InChI is InChI=1S/C24H27N3O3S/c1-24(2,3)19-8-10-20(11-9-19)31(29,30)27-16-14-26(15-17-27)23(28)22-21-7-5-4-6-18(21)12-13-25-22/h4-13H,14-17H2,1-3H3. The molecule has 2 heterocycles. The second kappa shape index (κ2) is 8.05. The van der Waals surface area contributed by atoms with Gasteiger partial charge in [0.1, 0.15) is 5.69 Å². The third kappa shape index (κ3) is 4.20. The molecule has 0 atom stereocenters. The molecule has 162 valence electrons. The van der Waals surface area contributed by atoms with E-state index in [4.69, 9.17) is 0 Å². The van der Waals surface area contributed by atoms with Crippen LogP contribution in [0.1, 0.15) is 36.8 Å². The smallest absolute Gasteiger partial charge is 0.273 e. The van der Waals surface area contributed by atoms with E-state index < -0.39 is 10.0 Å². The molecule has 7 heteroatoms. The third-order valence-corrected chi connectivity index (χ3v) is 7.67. The maximum Gasteiger partial charge on any atom is 0.273 e. The van der Waals surface area contributed by atoms with Gasteiger partial charge in [0.15, 0.2) is 0 Å². The second-order valence-electron chi connectivity index (χ2n) is 8.85. The highest BCUT2D eigenvalue weighted by Gasteiger charge is 2.31. The normalized spacial score (nSPS) is 15.9. The van der Waals surface area contributed by atoms with Crippen LogP contribution in [0.25, 0.3) is 10.8 Å². The van der Waals surface area contributed by atoms with E-state index in [9.17, 15) is 13.2 Å². The largest absolute Gasteiger partial charge is 0.335 e. The lowest BCUT2D eigenvalue weighted by Crippen LogP contribution is -2.50. The number of rotatable bonds is 3. The molecule has 0 radical (unpaired) electrons. The summed E-state index contributed by atoms with van der Waals surface area (Å²) in [5.41, 5.74) is 1.46. The predicted molar refractivity (Wildman–Crippen MR) is 122 cm³/mol. The molecule has 1 aliphatic rings. The number of hydrogen-bond donors (Lipinski definition) is 0. The monoisotopic (exact) mass is 437 g/mol. The van der Waals surface area contributed by atoms with Crippen LogP contribution in [0, 0.1) is 0 Å². The maximum absolute atomic E-state index is 13.1. The van der Waals surface area contributed by atoms with Gasteiger partial charge in [0, 0.05) is 37.8 Å². The van der Waals surface area contributed by atoms with Crippen LogP contribution < -0.4 is 0 Å². The van der Waals surface area contributed by atoms with Gasteiger partial charge in [-0.1, -0.05) is 57.2 Å². The van der Waals surface area contributed by atoms with E-state index >= 15 is 0 Å². The lowest BCUT2D eigenvalue weighted by atomic mass is 9.87. The van der Waals surface area contributed by atoms with E-state index in [0.717, 1.165) is 16.3 Å². The van der Waals surface area contributed by atoms with Gasteiger partial charge in [-0.05, 0) is 34.6 Å². The summed E-state index contributed by atoms with van der Waals surface area (Å²) in [5.74, 6) is -0.164. The van der Waals surface area contributed by atoms with Crippen LogP contribution in [0.4, 0.5) is 0 Å². The fraction of sp³-hybridized carbons (Fsp3) is 0.333. The molecule has 0 aliphatic carbocycles. The van der Waals surface area contributed by atoms with Crippen LogP contribution in [0.2, 0.25) is 0 Å². The summed E-state index contributed by atoms with van der Waals surface area (Å²) in [5, 5.41) is 1.77. The van der Waals surface area contributed by atoms with Crippen molar-refractivity contribution in [3.8, 4) is 0 Å². The summed E-state index contributed by atoms with van der Waals surface area (Å²) in [6, 6.07) is 16.6. The van der Waals surface area contributed by atoms with E-state index in [1.54, 1.807) is 23.2 Å². The van der Waals surface area contributed by atoms with Gasteiger partial charge in [0.25, 0.3) is 5.91 Å². The average Bonchev–Trinajstić information content (AvgIpc) is 2.78. The Morgan fingerprint density at radius 1 is 0.903 bits per heavy atom. The van der Waals surface area contributed by atoms with E-state index in [2.05, 4.69) is 25.8 Å². The molecule has 1 fully saturated rings. The Labute approximate surface area is 183 Å². The van der Waals surface area contributed by atoms with Crippen LogP contribution in [-0.2, 0) is 15.4 Å². The van der Waals surface area contributed by atoms with Crippen molar-refractivity contribution in [2.75, 3.05) is 26.2 Å². The van der Waals surface area contributed by atoms with Crippen LogP contribution in [-0.4, -0.2) is 54.7 Å². The lowest BCUT2D eigenvalue weighted by Gasteiger charge is -2.34. The highest BCUT2D eigenvalue weighted by molar-refractivity contribution is 7.89. The van der Waals surface area contributed by atoms with E-state index in [1.807, 2.05) is 42.5 Å². The average molecular weight is 438 g/mol. The number of aromatic nitrogens is 1. The molecule has 0 N–H and O–H groups in total. The van der Waals surface area contributed by atoms with Crippen molar-refractivity contribution < 1.29 is 13.2 Å². The highest BCUT2D eigenvalue weighted by atomic mass is 32.2. The maximum atomic E-state index is 13.1. The van der Waals surface area contributed by atoms with Gasteiger partial charge in [0.2, 0.25) is 10.0 Å². The Morgan fingerprint density at radius 2 is 1.55 bits per heavy atom. The number of hydrogen-bond acceptors (Lipinski definition) is 4. The topological polar surface area (TPSA) is 70.6 Å². The van der Waals surface area contributed by atoms with Gasteiger partial charge in [-0.3, -0.25) is 9.78 Å². The van der Waals surface area contributed by atoms with Gasteiger partial charge in [-0.2, -0.15) is 4.31 Å². The molecule has 0 saturated carbocycles. The van der Waals surface area contributed by atoms with Crippen LogP contribution in [0.5, 0.6) is 0 Å². The zero-order chi connectivity index (χ0) is 22.2. The fourth-order valence-corrected chi connectivity index (χ4v) is 5.27. The molecule has 1 saturated heterocycles. The first kappa shape index (κ1) is 21.5. The molecule has 3 aromatic rings.